The summed E-state index contributed by atoms with van der Waals surface area (Å²) in [6, 6.07) is 6.23. The molecule has 15 heavy (non-hydrogen) atoms. The van der Waals surface area contributed by atoms with Crippen LogP contribution in [0.4, 0.5) is 5.69 Å². The van der Waals surface area contributed by atoms with Gasteiger partial charge in [0.05, 0.1) is 0 Å². The Labute approximate surface area is 96.1 Å². The van der Waals surface area contributed by atoms with Crippen LogP contribution in [-0.2, 0) is 0 Å². The molecule has 3 heteroatoms. The molecule has 2 rings (SSSR count). The Morgan fingerprint density at radius 2 is 2.00 bits per heavy atom. The van der Waals surface area contributed by atoms with Gasteiger partial charge < -0.3 is 10.6 Å². The SMILES string of the molecule is Cc1cc(C(N)=S)ccc1N1CCCC1. The number of benzene rings is 1. The fourth-order valence-corrected chi connectivity index (χ4v) is 2.25. The van der Waals surface area contributed by atoms with Crippen LogP contribution in [-0.4, -0.2) is 18.1 Å². The van der Waals surface area contributed by atoms with E-state index in [9.17, 15) is 0 Å². The maximum absolute atomic E-state index is 5.60. The average Bonchev–Trinajstić information content (AvgIpc) is 2.70. The van der Waals surface area contributed by atoms with Crippen LogP contribution in [0.1, 0.15) is 24.0 Å². The summed E-state index contributed by atoms with van der Waals surface area (Å²) < 4.78 is 0. The van der Waals surface area contributed by atoms with E-state index < -0.39 is 0 Å². The maximum Gasteiger partial charge on any atom is 0.103 e. The summed E-state index contributed by atoms with van der Waals surface area (Å²) in [5.74, 6) is 0. The van der Waals surface area contributed by atoms with Crippen molar-refractivity contribution in [3.63, 3.8) is 0 Å². The van der Waals surface area contributed by atoms with Crippen LogP contribution < -0.4 is 10.6 Å². The lowest BCUT2D eigenvalue weighted by molar-refractivity contribution is 0.949. The normalized spacial score (nSPS) is 15.7. The van der Waals surface area contributed by atoms with Crippen molar-refractivity contribution in [3.05, 3.63) is 29.3 Å². The molecule has 2 nitrogen and oxygen atoms in total. The first-order valence-electron chi connectivity index (χ1n) is 5.34. The van der Waals surface area contributed by atoms with Gasteiger partial charge in [-0.05, 0) is 43.5 Å². The Balaban J connectivity index is 2.29. The lowest BCUT2D eigenvalue weighted by atomic mass is 10.1. The molecule has 0 saturated carbocycles. The average molecular weight is 220 g/mol. The summed E-state index contributed by atoms with van der Waals surface area (Å²) in [6.07, 6.45) is 2.60. The Kier molecular flexibility index (Phi) is 2.91. The van der Waals surface area contributed by atoms with E-state index in [1.807, 2.05) is 6.07 Å². The van der Waals surface area contributed by atoms with Crippen molar-refractivity contribution in [2.45, 2.75) is 19.8 Å². The highest BCUT2D eigenvalue weighted by atomic mass is 32.1. The molecule has 1 aliphatic rings. The molecular weight excluding hydrogens is 204 g/mol. The van der Waals surface area contributed by atoms with Crippen molar-refractivity contribution in [3.8, 4) is 0 Å². The lowest BCUT2D eigenvalue weighted by Gasteiger charge is -2.20. The summed E-state index contributed by atoms with van der Waals surface area (Å²) in [4.78, 5) is 2.91. The van der Waals surface area contributed by atoms with Gasteiger partial charge >= 0.3 is 0 Å². The Bertz CT molecular complexity index is 381. The van der Waals surface area contributed by atoms with Crippen LogP contribution in [0.2, 0.25) is 0 Å². The van der Waals surface area contributed by atoms with E-state index in [0.29, 0.717) is 4.99 Å². The zero-order valence-electron chi connectivity index (χ0n) is 8.99. The van der Waals surface area contributed by atoms with Crippen molar-refractivity contribution in [2.75, 3.05) is 18.0 Å². The summed E-state index contributed by atoms with van der Waals surface area (Å²) in [6.45, 7) is 4.47. The fourth-order valence-electron chi connectivity index (χ4n) is 2.12. The molecule has 1 fully saturated rings. The molecule has 1 aliphatic heterocycles. The number of nitrogens with two attached hydrogens (primary N) is 1. The van der Waals surface area contributed by atoms with Crippen LogP contribution >= 0.6 is 12.2 Å². The molecule has 0 aliphatic carbocycles. The van der Waals surface area contributed by atoms with Gasteiger partial charge in [-0.1, -0.05) is 12.2 Å². The molecule has 0 atom stereocenters. The predicted molar refractivity (Wildman–Crippen MR) is 68.5 cm³/mol. The number of hydrogen-bond acceptors (Lipinski definition) is 2. The number of hydrogen-bond donors (Lipinski definition) is 1. The first-order valence-corrected chi connectivity index (χ1v) is 5.75. The number of anilines is 1. The molecule has 1 aromatic carbocycles. The van der Waals surface area contributed by atoms with Crippen LogP contribution in [0.25, 0.3) is 0 Å². The van der Waals surface area contributed by atoms with Gasteiger partial charge in [-0.15, -0.1) is 0 Å². The predicted octanol–water partition coefficient (Wildman–Crippen LogP) is 2.23. The molecule has 0 radical (unpaired) electrons. The van der Waals surface area contributed by atoms with Gasteiger partial charge in [0.15, 0.2) is 0 Å². The van der Waals surface area contributed by atoms with E-state index in [0.717, 1.165) is 5.56 Å². The van der Waals surface area contributed by atoms with E-state index in [2.05, 4.69) is 24.0 Å². The number of rotatable bonds is 2. The van der Waals surface area contributed by atoms with E-state index in [1.54, 1.807) is 0 Å². The van der Waals surface area contributed by atoms with Crippen LogP contribution in [0.5, 0.6) is 0 Å². The van der Waals surface area contributed by atoms with E-state index in [-0.39, 0.29) is 0 Å². The molecule has 0 unspecified atom stereocenters. The van der Waals surface area contributed by atoms with Crippen molar-refractivity contribution >= 4 is 22.9 Å². The third-order valence-corrected chi connectivity index (χ3v) is 3.16. The van der Waals surface area contributed by atoms with E-state index >= 15 is 0 Å². The Morgan fingerprint density at radius 1 is 1.33 bits per heavy atom. The van der Waals surface area contributed by atoms with Gasteiger partial charge in [-0.25, -0.2) is 0 Å². The Hall–Kier alpha value is -1.09. The summed E-state index contributed by atoms with van der Waals surface area (Å²) in [5.41, 5.74) is 9.16. The highest BCUT2D eigenvalue weighted by molar-refractivity contribution is 7.80. The van der Waals surface area contributed by atoms with E-state index in [4.69, 9.17) is 18.0 Å². The number of thiocarbonyl (C=S) groups is 1. The summed E-state index contributed by atoms with van der Waals surface area (Å²) >= 11 is 4.96. The minimum atomic E-state index is 0.478. The molecular formula is C12H16N2S. The van der Waals surface area contributed by atoms with Gasteiger partial charge in [-0.3, -0.25) is 0 Å². The molecule has 0 spiro atoms. The topological polar surface area (TPSA) is 29.3 Å². The minimum Gasteiger partial charge on any atom is -0.389 e. The number of nitrogens with zero attached hydrogens (tertiary/aromatic N) is 1. The molecule has 1 aromatic rings. The molecule has 2 N–H and O–H groups in total. The standard InChI is InChI=1S/C12H16N2S/c1-9-8-10(12(13)15)4-5-11(9)14-6-2-3-7-14/h4-5,8H,2-3,6-7H2,1H3,(H2,13,15). The third-order valence-electron chi connectivity index (χ3n) is 2.93. The zero-order valence-corrected chi connectivity index (χ0v) is 9.81. The highest BCUT2D eigenvalue weighted by Crippen LogP contribution is 2.24. The smallest absolute Gasteiger partial charge is 0.103 e. The van der Waals surface area contributed by atoms with Gasteiger partial charge in [-0.2, -0.15) is 0 Å². The monoisotopic (exact) mass is 220 g/mol. The number of aryl methyl sites for hydroxylation is 1. The largest absolute Gasteiger partial charge is 0.389 e. The van der Waals surface area contributed by atoms with Crippen molar-refractivity contribution in [1.82, 2.24) is 0 Å². The second kappa shape index (κ2) is 4.19. The van der Waals surface area contributed by atoms with Crippen LogP contribution in [0.3, 0.4) is 0 Å². The second-order valence-electron chi connectivity index (χ2n) is 4.06. The third kappa shape index (κ3) is 2.12. The van der Waals surface area contributed by atoms with Gasteiger partial charge in [0.2, 0.25) is 0 Å². The minimum absolute atomic E-state index is 0.478. The summed E-state index contributed by atoms with van der Waals surface area (Å²) in [7, 11) is 0. The van der Waals surface area contributed by atoms with Gasteiger partial charge in [0.1, 0.15) is 4.99 Å². The molecule has 1 heterocycles. The first-order chi connectivity index (χ1) is 7.18. The molecule has 1 saturated heterocycles. The maximum atomic E-state index is 5.60. The quantitative estimate of drug-likeness (QED) is 0.775. The first kappa shape index (κ1) is 10.4. The molecule has 0 bridgehead atoms. The van der Waals surface area contributed by atoms with Crippen LogP contribution in [0.15, 0.2) is 18.2 Å². The Morgan fingerprint density at radius 3 is 2.53 bits per heavy atom. The molecule has 0 amide bonds. The zero-order chi connectivity index (χ0) is 10.8. The van der Waals surface area contributed by atoms with Gasteiger partial charge in [0.25, 0.3) is 0 Å². The lowest BCUT2D eigenvalue weighted by Crippen LogP contribution is -2.19. The van der Waals surface area contributed by atoms with Crippen molar-refractivity contribution in [1.29, 1.82) is 0 Å². The highest BCUT2D eigenvalue weighted by Gasteiger charge is 2.14. The van der Waals surface area contributed by atoms with E-state index in [1.165, 1.54) is 37.2 Å². The van der Waals surface area contributed by atoms with Crippen LogP contribution in [0, 0.1) is 6.92 Å². The van der Waals surface area contributed by atoms with Gasteiger partial charge in [0, 0.05) is 24.3 Å². The van der Waals surface area contributed by atoms with Crippen molar-refractivity contribution in [2.24, 2.45) is 5.73 Å². The summed E-state index contributed by atoms with van der Waals surface area (Å²) in [5, 5.41) is 0. The molecule has 80 valence electrons. The fraction of sp³-hybridized carbons (Fsp3) is 0.417. The van der Waals surface area contributed by atoms with Crippen molar-refractivity contribution < 1.29 is 0 Å². The molecule has 0 aromatic heterocycles. The second-order valence-corrected chi connectivity index (χ2v) is 4.50.